The number of amides is 1. The predicted octanol–water partition coefficient (Wildman–Crippen LogP) is 3.15. The molecule has 0 aromatic heterocycles. The van der Waals surface area contributed by atoms with Crippen LogP contribution in [-0.4, -0.2) is 36.0 Å². The minimum Gasteiger partial charge on any atom is -0.444 e. The van der Waals surface area contributed by atoms with Gasteiger partial charge in [-0.25, -0.2) is 4.79 Å². The minimum atomic E-state index is -0.468. The summed E-state index contributed by atoms with van der Waals surface area (Å²) in [5.74, 6) is 0.286. The Kier molecular flexibility index (Phi) is 4.66. The van der Waals surface area contributed by atoms with Gasteiger partial charge in [0.1, 0.15) is 11.9 Å². The van der Waals surface area contributed by atoms with Gasteiger partial charge in [-0.1, -0.05) is 24.3 Å². The molecular formula is C17H23NO3. The number of ether oxygens (including phenoxy) is 1. The zero-order valence-corrected chi connectivity index (χ0v) is 13.0. The summed E-state index contributed by atoms with van der Waals surface area (Å²) in [6.07, 6.45) is 2.02. The Morgan fingerprint density at radius 2 is 2.10 bits per heavy atom. The van der Waals surface area contributed by atoms with Crippen LogP contribution >= 0.6 is 0 Å². The zero-order valence-electron chi connectivity index (χ0n) is 13.0. The normalized spacial score (nSPS) is 18.6. The molecule has 1 atom stereocenters. The fraction of sp³-hybridized carbons (Fsp3) is 0.529. The van der Waals surface area contributed by atoms with Crippen molar-refractivity contribution in [2.45, 2.75) is 45.1 Å². The first-order valence-electron chi connectivity index (χ1n) is 7.40. The molecule has 1 unspecified atom stereocenters. The number of nitrogens with zero attached hydrogens (tertiary/aromatic N) is 1. The third kappa shape index (κ3) is 4.06. The summed E-state index contributed by atoms with van der Waals surface area (Å²) < 4.78 is 5.41. The topological polar surface area (TPSA) is 46.6 Å². The Balaban J connectivity index is 2.06. The van der Waals surface area contributed by atoms with Crippen molar-refractivity contribution in [3.05, 3.63) is 35.4 Å². The van der Waals surface area contributed by atoms with E-state index < -0.39 is 5.60 Å². The molecule has 1 saturated heterocycles. The molecule has 0 spiro atoms. The fourth-order valence-electron chi connectivity index (χ4n) is 2.71. The maximum Gasteiger partial charge on any atom is 0.410 e. The van der Waals surface area contributed by atoms with Crippen molar-refractivity contribution in [1.82, 2.24) is 4.90 Å². The van der Waals surface area contributed by atoms with E-state index in [9.17, 15) is 9.59 Å². The van der Waals surface area contributed by atoms with Crippen molar-refractivity contribution in [2.24, 2.45) is 0 Å². The average Bonchev–Trinajstić information content (AvgIpc) is 2.87. The van der Waals surface area contributed by atoms with E-state index >= 15 is 0 Å². The molecule has 21 heavy (non-hydrogen) atoms. The highest BCUT2D eigenvalue weighted by Gasteiger charge is 2.31. The van der Waals surface area contributed by atoms with Crippen molar-refractivity contribution in [1.29, 1.82) is 0 Å². The minimum absolute atomic E-state index is 0.252. The van der Waals surface area contributed by atoms with Gasteiger partial charge in [0.15, 0.2) is 0 Å². The molecule has 0 saturated carbocycles. The summed E-state index contributed by atoms with van der Waals surface area (Å²) in [6, 6.07) is 7.98. The van der Waals surface area contributed by atoms with Crippen LogP contribution in [0.2, 0.25) is 0 Å². The Morgan fingerprint density at radius 3 is 2.76 bits per heavy atom. The van der Waals surface area contributed by atoms with Gasteiger partial charge in [0.05, 0.1) is 0 Å². The summed E-state index contributed by atoms with van der Waals surface area (Å²) >= 11 is 0. The van der Waals surface area contributed by atoms with E-state index in [-0.39, 0.29) is 12.0 Å². The van der Waals surface area contributed by atoms with Gasteiger partial charge in [0.2, 0.25) is 0 Å². The molecule has 4 heteroatoms. The smallest absolute Gasteiger partial charge is 0.410 e. The predicted molar refractivity (Wildman–Crippen MR) is 81.4 cm³/mol. The third-order valence-corrected chi connectivity index (χ3v) is 3.64. The molecule has 1 heterocycles. The first-order chi connectivity index (χ1) is 9.90. The van der Waals surface area contributed by atoms with Crippen molar-refractivity contribution in [3.8, 4) is 0 Å². The highest BCUT2D eigenvalue weighted by atomic mass is 16.6. The van der Waals surface area contributed by atoms with Crippen molar-refractivity contribution in [2.75, 3.05) is 13.1 Å². The lowest BCUT2D eigenvalue weighted by Crippen LogP contribution is -2.35. The van der Waals surface area contributed by atoms with Gasteiger partial charge in [0.25, 0.3) is 0 Å². The van der Waals surface area contributed by atoms with Crippen molar-refractivity contribution >= 4 is 12.4 Å². The number of likely N-dealkylation sites (tertiary alicyclic amines) is 1. The van der Waals surface area contributed by atoms with Gasteiger partial charge in [-0.15, -0.1) is 0 Å². The summed E-state index contributed by atoms with van der Waals surface area (Å²) in [5, 5.41) is 0. The number of aldehydes is 1. The van der Waals surface area contributed by atoms with Crippen LogP contribution in [0.25, 0.3) is 0 Å². The molecular weight excluding hydrogens is 266 g/mol. The van der Waals surface area contributed by atoms with E-state index in [0.29, 0.717) is 19.5 Å². The standard InChI is InChI=1S/C17H23NO3/c1-17(2,3)21-16(20)18-10-8-14(12-18)15-7-5-4-6-13(15)9-11-19/h4-7,11,14H,8-10,12H2,1-3H3. The molecule has 114 valence electrons. The molecule has 1 aromatic rings. The molecule has 2 rings (SSSR count). The van der Waals surface area contributed by atoms with Gasteiger partial charge >= 0.3 is 6.09 Å². The zero-order chi connectivity index (χ0) is 15.5. The second kappa shape index (κ2) is 6.29. The largest absolute Gasteiger partial charge is 0.444 e. The Labute approximate surface area is 126 Å². The Hall–Kier alpha value is -1.84. The molecule has 1 aliphatic heterocycles. The Bertz CT molecular complexity index is 519. The third-order valence-electron chi connectivity index (χ3n) is 3.64. The molecule has 0 bridgehead atoms. The number of benzene rings is 1. The maximum absolute atomic E-state index is 12.1. The molecule has 0 radical (unpaired) electrons. The van der Waals surface area contributed by atoms with E-state index in [4.69, 9.17) is 4.74 Å². The molecule has 1 fully saturated rings. The highest BCUT2D eigenvalue weighted by molar-refractivity contribution is 5.68. The molecule has 4 nitrogen and oxygen atoms in total. The molecule has 1 amide bonds. The molecule has 1 aliphatic rings. The van der Waals surface area contributed by atoms with Gasteiger partial charge in [-0.05, 0) is 38.3 Å². The molecule has 0 aliphatic carbocycles. The first-order valence-corrected chi connectivity index (χ1v) is 7.40. The SMILES string of the molecule is CC(C)(C)OC(=O)N1CCC(c2ccccc2CC=O)C1. The summed E-state index contributed by atoms with van der Waals surface area (Å²) in [7, 11) is 0. The fourth-order valence-corrected chi connectivity index (χ4v) is 2.71. The number of carbonyl (C=O) groups is 2. The van der Waals surface area contributed by atoms with E-state index in [1.165, 1.54) is 5.56 Å². The monoisotopic (exact) mass is 289 g/mol. The second-order valence-corrected chi connectivity index (χ2v) is 6.48. The van der Waals surface area contributed by atoms with Crippen LogP contribution in [-0.2, 0) is 16.0 Å². The lowest BCUT2D eigenvalue weighted by Gasteiger charge is -2.24. The number of hydrogen-bond donors (Lipinski definition) is 0. The number of rotatable bonds is 3. The summed E-state index contributed by atoms with van der Waals surface area (Å²) in [4.78, 5) is 24.6. The van der Waals surface area contributed by atoms with Crippen LogP contribution in [0.1, 0.15) is 44.2 Å². The molecule has 0 N–H and O–H groups in total. The second-order valence-electron chi connectivity index (χ2n) is 6.48. The summed E-state index contributed by atoms with van der Waals surface area (Å²) in [5.41, 5.74) is 1.77. The van der Waals surface area contributed by atoms with Gasteiger partial charge in [-0.2, -0.15) is 0 Å². The van der Waals surface area contributed by atoms with Crippen molar-refractivity contribution in [3.63, 3.8) is 0 Å². The lowest BCUT2D eigenvalue weighted by atomic mass is 9.92. The average molecular weight is 289 g/mol. The number of carbonyl (C=O) groups excluding carboxylic acids is 2. The van der Waals surface area contributed by atoms with Gasteiger partial charge in [0, 0.05) is 25.4 Å². The van der Waals surface area contributed by atoms with E-state index in [2.05, 4.69) is 6.07 Å². The highest BCUT2D eigenvalue weighted by Crippen LogP contribution is 2.30. The van der Waals surface area contributed by atoms with E-state index in [1.807, 2.05) is 39.0 Å². The maximum atomic E-state index is 12.1. The van der Waals surface area contributed by atoms with Crippen LogP contribution in [0.15, 0.2) is 24.3 Å². The van der Waals surface area contributed by atoms with E-state index in [0.717, 1.165) is 18.3 Å². The van der Waals surface area contributed by atoms with Crippen LogP contribution in [0.3, 0.4) is 0 Å². The van der Waals surface area contributed by atoms with Gasteiger partial charge in [-0.3, -0.25) is 0 Å². The first kappa shape index (κ1) is 15.5. The van der Waals surface area contributed by atoms with Crippen LogP contribution < -0.4 is 0 Å². The van der Waals surface area contributed by atoms with Crippen molar-refractivity contribution < 1.29 is 14.3 Å². The molecule has 1 aromatic carbocycles. The van der Waals surface area contributed by atoms with Gasteiger partial charge < -0.3 is 14.4 Å². The van der Waals surface area contributed by atoms with Crippen LogP contribution in [0.5, 0.6) is 0 Å². The Morgan fingerprint density at radius 1 is 1.38 bits per heavy atom. The van der Waals surface area contributed by atoms with Crippen LogP contribution in [0.4, 0.5) is 4.79 Å². The summed E-state index contributed by atoms with van der Waals surface area (Å²) in [6.45, 7) is 6.98. The van der Waals surface area contributed by atoms with Crippen LogP contribution in [0, 0.1) is 0 Å². The van der Waals surface area contributed by atoms with E-state index in [1.54, 1.807) is 4.90 Å². The number of hydrogen-bond acceptors (Lipinski definition) is 3. The lowest BCUT2D eigenvalue weighted by molar-refractivity contribution is -0.107. The quantitative estimate of drug-likeness (QED) is 0.803.